The molecular weight excluding hydrogens is 268 g/mol. The van der Waals surface area contributed by atoms with Gasteiger partial charge in [-0.15, -0.1) is 0 Å². The van der Waals surface area contributed by atoms with Crippen LogP contribution in [0.25, 0.3) is 0 Å². The number of benzene rings is 1. The fourth-order valence-corrected chi connectivity index (χ4v) is 1.65. The second kappa shape index (κ2) is 7.02. The minimum atomic E-state index is 0.499. The van der Waals surface area contributed by atoms with E-state index < -0.39 is 0 Å². The minimum Gasteiger partial charge on any atom is -0.496 e. The van der Waals surface area contributed by atoms with Gasteiger partial charge >= 0.3 is 0 Å². The Morgan fingerprint density at radius 2 is 2.25 bits per heavy atom. The molecule has 5 heteroatoms. The van der Waals surface area contributed by atoms with Gasteiger partial charge in [0.05, 0.1) is 7.11 Å². The largest absolute Gasteiger partial charge is 0.496 e. The van der Waals surface area contributed by atoms with Gasteiger partial charge in [-0.3, -0.25) is 0 Å². The summed E-state index contributed by atoms with van der Waals surface area (Å²) in [5, 5.41) is 4.33. The molecule has 0 atom stereocenters. The summed E-state index contributed by atoms with van der Waals surface area (Å²) in [6.45, 7) is 1.07. The third kappa shape index (κ3) is 3.87. The average molecular weight is 281 g/mol. The van der Waals surface area contributed by atoms with Gasteiger partial charge in [0, 0.05) is 34.2 Å². The number of rotatable bonds is 5. The third-order valence-electron chi connectivity index (χ3n) is 2.01. The first-order valence-corrected chi connectivity index (χ1v) is 5.85. The van der Waals surface area contributed by atoms with E-state index in [-0.39, 0.29) is 0 Å². The molecule has 0 saturated heterocycles. The van der Waals surface area contributed by atoms with Crippen molar-refractivity contribution in [1.82, 2.24) is 5.32 Å². The van der Waals surface area contributed by atoms with Crippen molar-refractivity contribution in [2.24, 2.45) is 0 Å². The van der Waals surface area contributed by atoms with E-state index in [4.69, 9.17) is 39.5 Å². The SMILES string of the molecule is COc1cccc(Cl)c1CNC/C(Cl)=C/Cl. The molecule has 0 fully saturated rings. The second-order valence-corrected chi connectivity index (χ2v) is 4.19. The molecule has 16 heavy (non-hydrogen) atoms. The Balaban J connectivity index is 2.66. The van der Waals surface area contributed by atoms with Crippen molar-refractivity contribution in [2.45, 2.75) is 6.54 Å². The van der Waals surface area contributed by atoms with Crippen LogP contribution in [-0.2, 0) is 6.54 Å². The van der Waals surface area contributed by atoms with Crippen molar-refractivity contribution in [3.05, 3.63) is 39.4 Å². The van der Waals surface area contributed by atoms with Gasteiger partial charge < -0.3 is 10.1 Å². The molecule has 1 aromatic rings. The Morgan fingerprint density at radius 3 is 2.88 bits per heavy atom. The van der Waals surface area contributed by atoms with Crippen LogP contribution in [0.1, 0.15) is 5.56 Å². The quantitative estimate of drug-likeness (QED) is 0.887. The zero-order chi connectivity index (χ0) is 12.0. The summed E-state index contributed by atoms with van der Waals surface area (Å²) in [5.74, 6) is 0.756. The molecule has 0 spiro atoms. The predicted molar refractivity (Wildman–Crippen MR) is 69.5 cm³/mol. The van der Waals surface area contributed by atoms with Crippen LogP contribution in [0.15, 0.2) is 28.8 Å². The molecule has 0 aliphatic heterocycles. The van der Waals surface area contributed by atoms with E-state index in [0.717, 1.165) is 11.3 Å². The molecule has 0 bridgehead atoms. The molecule has 1 aromatic carbocycles. The van der Waals surface area contributed by atoms with Crippen molar-refractivity contribution >= 4 is 34.8 Å². The van der Waals surface area contributed by atoms with E-state index in [2.05, 4.69) is 5.32 Å². The van der Waals surface area contributed by atoms with Crippen LogP contribution in [0.2, 0.25) is 5.02 Å². The summed E-state index contributed by atoms with van der Waals surface area (Å²) in [4.78, 5) is 0. The van der Waals surface area contributed by atoms with Crippen LogP contribution < -0.4 is 10.1 Å². The van der Waals surface area contributed by atoms with Crippen LogP contribution in [0.3, 0.4) is 0 Å². The summed E-state index contributed by atoms with van der Waals surface area (Å²) in [6.07, 6.45) is 0. The summed E-state index contributed by atoms with van der Waals surface area (Å²) in [7, 11) is 1.61. The summed E-state index contributed by atoms with van der Waals surface area (Å²) in [6, 6.07) is 5.53. The fraction of sp³-hybridized carbons (Fsp3) is 0.273. The maximum atomic E-state index is 6.06. The monoisotopic (exact) mass is 279 g/mol. The van der Waals surface area contributed by atoms with E-state index in [1.54, 1.807) is 7.11 Å². The Bertz CT molecular complexity index is 379. The van der Waals surface area contributed by atoms with Crippen LogP contribution >= 0.6 is 34.8 Å². The normalized spacial score (nSPS) is 11.6. The number of nitrogens with one attached hydrogen (secondary N) is 1. The molecule has 2 nitrogen and oxygen atoms in total. The van der Waals surface area contributed by atoms with Crippen molar-refractivity contribution < 1.29 is 4.74 Å². The van der Waals surface area contributed by atoms with E-state index in [0.29, 0.717) is 23.1 Å². The zero-order valence-electron chi connectivity index (χ0n) is 8.77. The first-order chi connectivity index (χ1) is 7.69. The van der Waals surface area contributed by atoms with Crippen LogP contribution in [0.5, 0.6) is 5.75 Å². The first kappa shape index (κ1) is 13.7. The van der Waals surface area contributed by atoms with Gasteiger partial charge in [0.15, 0.2) is 0 Å². The number of halogens is 3. The van der Waals surface area contributed by atoms with Gasteiger partial charge in [0.2, 0.25) is 0 Å². The molecule has 1 N–H and O–H groups in total. The Kier molecular flexibility index (Phi) is 5.99. The standard InChI is InChI=1S/C11H12Cl3NO/c1-16-11-4-2-3-10(14)9(11)7-15-6-8(13)5-12/h2-5,15H,6-7H2,1H3/b8-5-. The molecule has 0 saturated carbocycles. The number of hydrogen-bond donors (Lipinski definition) is 1. The maximum Gasteiger partial charge on any atom is 0.124 e. The van der Waals surface area contributed by atoms with Gasteiger partial charge in [-0.2, -0.15) is 0 Å². The van der Waals surface area contributed by atoms with Gasteiger partial charge in [0.25, 0.3) is 0 Å². The van der Waals surface area contributed by atoms with Crippen molar-refractivity contribution in [2.75, 3.05) is 13.7 Å². The Hall–Kier alpha value is -0.410. The molecule has 0 aliphatic carbocycles. The van der Waals surface area contributed by atoms with Gasteiger partial charge in [-0.1, -0.05) is 40.9 Å². The van der Waals surface area contributed by atoms with Gasteiger partial charge in [-0.25, -0.2) is 0 Å². The van der Waals surface area contributed by atoms with Crippen molar-refractivity contribution in [3.63, 3.8) is 0 Å². The highest BCUT2D eigenvalue weighted by molar-refractivity contribution is 6.36. The van der Waals surface area contributed by atoms with Crippen LogP contribution in [0, 0.1) is 0 Å². The highest BCUT2D eigenvalue weighted by atomic mass is 35.5. The molecule has 0 aliphatic rings. The Labute approximate surface area is 110 Å². The molecular formula is C11H12Cl3NO. The van der Waals surface area contributed by atoms with Gasteiger partial charge in [0.1, 0.15) is 5.75 Å². The van der Waals surface area contributed by atoms with E-state index >= 15 is 0 Å². The second-order valence-electron chi connectivity index (χ2n) is 3.08. The zero-order valence-corrected chi connectivity index (χ0v) is 11.0. The van der Waals surface area contributed by atoms with Gasteiger partial charge in [-0.05, 0) is 12.1 Å². The van der Waals surface area contributed by atoms with Crippen LogP contribution in [-0.4, -0.2) is 13.7 Å². The topological polar surface area (TPSA) is 21.3 Å². The van der Waals surface area contributed by atoms with Crippen molar-refractivity contribution in [3.8, 4) is 5.75 Å². The minimum absolute atomic E-state index is 0.499. The third-order valence-corrected chi connectivity index (χ3v) is 2.98. The fourth-order valence-electron chi connectivity index (χ4n) is 1.25. The smallest absolute Gasteiger partial charge is 0.124 e. The molecule has 0 unspecified atom stereocenters. The molecule has 88 valence electrons. The highest BCUT2D eigenvalue weighted by Gasteiger charge is 2.06. The predicted octanol–water partition coefficient (Wildman–Crippen LogP) is 3.76. The van der Waals surface area contributed by atoms with Crippen LogP contribution in [0.4, 0.5) is 0 Å². The molecule has 0 radical (unpaired) electrons. The summed E-state index contributed by atoms with van der Waals surface area (Å²) < 4.78 is 5.21. The maximum absolute atomic E-state index is 6.06. The number of ether oxygens (including phenoxy) is 1. The molecule has 0 heterocycles. The van der Waals surface area contributed by atoms with Crippen molar-refractivity contribution in [1.29, 1.82) is 0 Å². The highest BCUT2D eigenvalue weighted by Crippen LogP contribution is 2.25. The molecule has 1 rings (SSSR count). The van der Waals surface area contributed by atoms with E-state index in [1.807, 2.05) is 18.2 Å². The lowest BCUT2D eigenvalue weighted by Gasteiger charge is -2.10. The van der Waals surface area contributed by atoms with E-state index in [1.165, 1.54) is 5.54 Å². The Morgan fingerprint density at radius 1 is 1.50 bits per heavy atom. The molecule has 0 aromatic heterocycles. The average Bonchev–Trinajstić information content (AvgIpc) is 2.30. The summed E-state index contributed by atoms with van der Waals surface area (Å²) in [5.41, 5.74) is 2.24. The lowest BCUT2D eigenvalue weighted by Crippen LogP contribution is -2.15. The number of methoxy groups -OCH3 is 1. The lowest BCUT2D eigenvalue weighted by molar-refractivity contribution is 0.408. The number of hydrogen-bond acceptors (Lipinski definition) is 2. The first-order valence-electron chi connectivity index (χ1n) is 4.66. The molecule has 0 amide bonds. The summed E-state index contributed by atoms with van der Waals surface area (Å²) >= 11 is 17.2. The lowest BCUT2D eigenvalue weighted by atomic mass is 10.2. The van der Waals surface area contributed by atoms with E-state index in [9.17, 15) is 0 Å².